The lowest BCUT2D eigenvalue weighted by molar-refractivity contribution is 0.435. The van der Waals surface area contributed by atoms with Gasteiger partial charge in [-0.2, -0.15) is 0 Å². The molecule has 70 valence electrons. The smallest absolute Gasteiger partial charge is 0.247 e. The summed E-state index contributed by atoms with van der Waals surface area (Å²) in [6, 6.07) is 0. The number of nitrogens with two attached hydrogens (primary N) is 1. The van der Waals surface area contributed by atoms with E-state index in [2.05, 4.69) is 10.6 Å². The van der Waals surface area contributed by atoms with Crippen LogP contribution in [0.5, 0.6) is 0 Å². The van der Waals surface area contributed by atoms with Crippen molar-refractivity contribution >= 4 is 17.6 Å². The zero-order chi connectivity index (χ0) is 9.42. The SMILES string of the molecule is CNN1CC(C)=Cc2noc(N)c21. The molecule has 5 nitrogen and oxygen atoms in total. The minimum Gasteiger partial charge on any atom is -0.366 e. The summed E-state index contributed by atoms with van der Waals surface area (Å²) < 4.78 is 4.90. The minimum atomic E-state index is 0.355. The number of nitrogens with one attached hydrogen (secondary N) is 1. The highest BCUT2D eigenvalue weighted by atomic mass is 16.5. The topological polar surface area (TPSA) is 67.3 Å². The van der Waals surface area contributed by atoms with Crippen LogP contribution in [-0.2, 0) is 0 Å². The molecule has 1 aliphatic rings. The number of nitrogen functional groups attached to an aromatic ring is 1. The average Bonchev–Trinajstić information content (AvgIpc) is 2.46. The van der Waals surface area contributed by atoms with Gasteiger partial charge < -0.3 is 10.3 Å². The second-order valence-electron chi connectivity index (χ2n) is 3.08. The standard InChI is InChI=1S/C8H12N4O/c1-5-3-6-7(8(9)13-11-6)12(4-5)10-2/h3,10H,4,9H2,1-2H3. The van der Waals surface area contributed by atoms with Crippen LogP contribution in [-0.4, -0.2) is 18.7 Å². The molecule has 0 bridgehead atoms. The second kappa shape index (κ2) is 2.77. The van der Waals surface area contributed by atoms with Crippen molar-refractivity contribution in [3.05, 3.63) is 11.3 Å². The summed E-state index contributed by atoms with van der Waals surface area (Å²) in [7, 11) is 1.84. The third kappa shape index (κ3) is 1.17. The van der Waals surface area contributed by atoms with Gasteiger partial charge in [0.15, 0.2) is 0 Å². The Morgan fingerprint density at radius 1 is 1.69 bits per heavy atom. The molecule has 0 aromatic carbocycles. The molecular weight excluding hydrogens is 168 g/mol. The second-order valence-corrected chi connectivity index (χ2v) is 3.08. The lowest BCUT2D eigenvalue weighted by Crippen LogP contribution is -2.38. The first kappa shape index (κ1) is 8.12. The van der Waals surface area contributed by atoms with Crippen molar-refractivity contribution < 1.29 is 4.52 Å². The summed E-state index contributed by atoms with van der Waals surface area (Å²) in [4.78, 5) is 0. The summed E-state index contributed by atoms with van der Waals surface area (Å²) in [5.74, 6) is 0.355. The maximum absolute atomic E-state index is 5.63. The van der Waals surface area contributed by atoms with Gasteiger partial charge in [0.05, 0.1) is 6.54 Å². The highest BCUT2D eigenvalue weighted by Gasteiger charge is 2.22. The van der Waals surface area contributed by atoms with Crippen LogP contribution in [0.2, 0.25) is 0 Å². The lowest BCUT2D eigenvalue weighted by Gasteiger charge is -2.25. The van der Waals surface area contributed by atoms with Gasteiger partial charge in [0.1, 0.15) is 11.4 Å². The van der Waals surface area contributed by atoms with E-state index in [9.17, 15) is 0 Å². The summed E-state index contributed by atoms with van der Waals surface area (Å²) in [5, 5.41) is 5.76. The van der Waals surface area contributed by atoms with E-state index in [1.54, 1.807) is 0 Å². The molecule has 0 saturated heterocycles. The lowest BCUT2D eigenvalue weighted by atomic mass is 10.1. The monoisotopic (exact) mass is 180 g/mol. The minimum absolute atomic E-state index is 0.355. The van der Waals surface area contributed by atoms with Crippen LogP contribution in [0.4, 0.5) is 11.6 Å². The van der Waals surface area contributed by atoms with Crippen molar-refractivity contribution in [1.29, 1.82) is 0 Å². The first-order chi connectivity index (χ1) is 6.22. The molecule has 0 radical (unpaired) electrons. The maximum atomic E-state index is 5.63. The number of nitrogens with zero attached hydrogens (tertiary/aromatic N) is 2. The Balaban J connectivity index is 2.51. The van der Waals surface area contributed by atoms with E-state index >= 15 is 0 Å². The van der Waals surface area contributed by atoms with Gasteiger partial charge >= 0.3 is 0 Å². The summed E-state index contributed by atoms with van der Waals surface area (Å²) in [5.41, 5.74) is 11.5. The fourth-order valence-electron chi connectivity index (χ4n) is 1.48. The molecule has 1 aromatic heterocycles. The Bertz CT molecular complexity index is 355. The Morgan fingerprint density at radius 2 is 2.46 bits per heavy atom. The molecule has 0 atom stereocenters. The quantitative estimate of drug-likeness (QED) is 0.663. The van der Waals surface area contributed by atoms with Crippen molar-refractivity contribution in [3.63, 3.8) is 0 Å². The van der Waals surface area contributed by atoms with E-state index in [-0.39, 0.29) is 0 Å². The Kier molecular flexibility index (Phi) is 1.73. The molecule has 3 N–H and O–H groups in total. The number of hydrazine groups is 1. The van der Waals surface area contributed by atoms with Gasteiger partial charge in [-0.05, 0) is 13.0 Å². The molecule has 0 aliphatic carbocycles. The van der Waals surface area contributed by atoms with Crippen molar-refractivity contribution in [1.82, 2.24) is 10.6 Å². The molecule has 13 heavy (non-hydrogen) atoms. The first-order valence-electron chi connectivity index (χ1n) is 4.09. The molecule has 1 aliphatic heterocycles. The average molecular weight is 180 g/mol. The Labute approximate surface area is 76.1 Å². The van der Waals surface area contributed by atoms with E-state index in [4.69, 9.17) is 10.3 Å². The number of anilines is 2. The molecule has 0 unspecified atom stereocenters. The fourth-order valence-corrected chi connectivity index (χ4v) is 1.48. The molecule has 0 saturated carbocycles. The number of fused-ring (bicyclic) bond motifs is 1. The van der Waals surface area contributed by atoms with Crippen molar-refractivity contribution in [2.45, 2.75) is 6.92 Å². The van der Waals surface area contributed by atoms with Crippen LogP contribution in [0.1, 0.15) is 12.6 Å². The number of hydrogen-bond acceptors (Lipinski definition) is 5. The fraction of sp³-hybridized carbons (Fsp3) is 0.375. The summed E-state index contributed by atoms with van der Waals surface area (Å²) >= 11 is 0. The zero-order valence-electron chi connectivity index (χ0n) is 7.66. The number of rotatable bonds is 1. The van der Waals surface area contributed by atoms with Gasteiger partial charge in [0.25, 0.3) is 0 Å². The molecule has 5 heteroatoms. The highest BCUT2D eigenvalue weighted by Crippen LogP contribution is 2.31. The van der Waals surface area contributed by atoms with E-state index in [0.717, 1.165) is 17.9 Å². The normalized spacial score (nSPS) is 15.5. The Hall–Kier alpha value is -1.49. The van der Waals surface area contributed by atoms with Crippen LogP contribution in [0.3, 0.4) is 0 Å². The van der Waals surface area contributed by atoms with Crippen LogP contribution in [0, 0.1) is 0 Å². The molecule has 2 heterocycles. The van der Waals surface area contributed by atoms with E-state index in [0.29, 0.717) is 5.88 Å². The largest absolute Gasteiger partial charge is 0.366 e. The summed E-state index contributed by atoms with van der Waals surface area (Å²) in [6.07, 6.45) is 1.98. The van der Waals surface area contributed by atoms with Gasteiger partial charge in [0.2, 0.25) is 5.88 Å². The molecule has 2 rings (SSSR count). The van der Waals surface area contributed by atoms with Gasteiger partial charge in [-0.25, -0.2) is 5.43 Å². The molecule has 1 aromatic rings. The third-order valence-corrected chi connectivity index (χ3v) is 2.05. The van der Waals surface area contributed by atoms with Crippen LogP contribution < -0.4 is 16.2 Å². The highest BCUT2D eigenvalue weighted by molar-refractivity contribution is 5.77. The molecule has 0 fully saturated rings. The number of hydrogen-bond donors (Lipinski definition) is 2. The van der Waals surface area contributed by atoms with Crippen LogP contribution in [0.15, 0.2) is 10.1 Å². The molecular formula is C8H12N4O. The van der Waals surface area contributed by atoms with E-state index < -0.39 is 0 Å². The third-order valence-electron chi connectivity index (χ3n) is 2.05. The first-order valence-corrected chi connectivity index (χ1v) is 4.09. The predicted octanol–water partition coefficient (Wildman–Crippen LogP) is 0.615. The zero-order valence-corrected chi connectivity index (χ0v) is 7.66. The molecule has 0 spiro atoms. The number of aromatic nitrogens is 1. The predicted molar refractivity (Wildman–Crippen MR) is 51.0 cm³/mol. The van der Waals surface area contributed by atoms with Gasteiger partial charge in [0, 0.05) is 7.05 Å². The van der Waals surface area contributed by atoms with Gasteiger partial charge in [-0.1, -0.05) is 10.7 Å². The Morgan fingerprint density at radius 3 is 3.15 bits per heavy atom. The maximum Gasteiger partial charge on any atom is 0.247 e. The summed E-state index contributed by atoms with van der Waals surface area (Å²) in [6.45, 7) is 2.84. The van der Waals surface area contributed by atoms with E-state index in [1.807, 2.05) is 25.1 Å². The van der Waals surface area contributed by atoms with Crippen LogP contribution in [0.25, 0.3) is 6.08 Å². The van der Waals surface area contributed by atoms with Crippen molar-refractivity contribution in [3.8, 4) is 0 Å². The van der Waals surface area contributed by atoms with Gasteiger partial charge in [-0.3, -0.25) is 5.01 Å². The van der Waals surface area contributed by atoms with Crippen LogP contribution >= 0.6 is 0 Å². The van der Waals surface area contributed by atoms with Gasteiger partial charge in [-0.15, -0.1) is 0 Å². The molecule has 0 amide bonds. The van der Waals surface area contributed by atoms with Crippen molar-refractivity contribution in [2.24, 2.45) is 0 Å². The van der Waals surface area contributed by atoms with E-state index in [1.165, 1.54) is 5.57 Å². The van der Waals surface area contributed by atoms with Crippen molar-refractivity contribution in [2.75, 3.05) is 24.3 Å².